The van der Waals surface area contributed by atoms with Gasteiger partial charge in [-0.1, -0.05) is 18.2 Å². The average Bonchev–Trinajstić information content (AvgIpc) is 3.35. The van der Waals surface area contributed by atoms with E-state index in [-0.39, 0.29) is 17.8 Å². The Morgan fingerprint density at radius 2 is 1.86 bits per heavy atom. The summed E-state index contributed by atoms with van der Waals surface area (Å²) in [4.78, 5) is 9.46. The number of morpholine rings is 1. The molecule has 4 heterocycles. The van der Waals surface area contributed by atoms with Crippen LogP contribution < -0.4 is 5.32 Å². The molecule has 3 aromatic rings. The molecule has 2 N–H and O–H groups in total. The fourth-order valence-electron chi connectivity index (χ4n) is 5.39. The summed E-state index contributed by atoms with van der Waals surface area (Å²) in [7, 11) is 0. The van der Waals surface area contributed by atoms with E-state index < -0.39 is 0 Å². The van der Waals surface area contributed by atoms with Crippen LogP contribution in [0.2, 0.25) is 0 Å². The molecule has 0 spiro atoms. The zero-order chi connectivity index (χ0) is 24.4. The van der Waals surface area contributed by atoms with E-state index in [2.05, 4.69) is 50.6 Å². The molecule has 2 saturated heterocycles. The number of rotatable bonds is 7. The number of para-hydroxylation sites is 2. The van der Waals surface area contributed by atoms with E-state index in [4.69, 9.17) is 17.0 Å². The molecule has 0 radical (unpaired) electrons. The fraction of sp³-hybridized carbons (Fsp3) is 0.407. The summed E-state index contributed by atoms with van der Waals surface area (Å²) in [5.74, 6) is 0.268. The van der Waals surface area contributed by atoms with Gasteiger partial charge in [0.25, 0.3) is 0 Å². The summed E-state index contributed by atoms with van der Waals surface area (Å²) in [6.07, 6.45) is 2.86. The van der Waals surface area contributed by atoms with Crippen molar-refractivity contribution < 1.29 is 9.84 Å². The number of aromatic nitrogens is 2. The van der Waals surface area contributed by atoms with Crippen molar-refractivity contribution >= 4 is 17.3 Å². The Morgan fingerprint density at radius 1 is 1.09 bits per heavy atom. The number of thiocarbonyl (C=S) groups is 1. The zero-order valence-corrected chi connectivity index (χ0v) is 21.2. The lowest BCUT2D eigenvalue weighted by molar-refractivity contribution is 0.0365. The molecule has 0 bridgehead atoms. The molecule has 7 nitrogen and oxygen atoms in total. The molecule has 2 fully saturated rings. The third kappa shape index (κ3) is 4.78. The first-order valence-corrected chi connectivity index (χ1v) is 12.7. The molecule has 0 saturated carbocycles. The Kier molecular flexibility index (Phi) is 7.04. The van der Waals surface area contributed by atoms with Crippen molar-refractivity contribution in [2.24, 2.45) is 0 Å². The third-order valence-electron chi connectivity index (χ3n) is 7.09. The van der Waals surface area contributed by atoms with Gasteiger partial charge in [0.05, 0.1) is 36.7 Å². The van der Waals surface area contributed by atoms with Gasteiger partial charge in [-0.05, 0) is 68.4 Å². The summed E-state index contributed by atoms with van der Waals surface area (Å²) in [5, 5.41) is 14.9. The highest BCUT2D eigenvalue weighted by Crippen LogP contribution is 2.42. The van der Waals surface area contributed by atoms with Crippen LogP contribution in [0.3, 0.4) is 0 Å². The standard InChI is InChI=1S/C27H33N5O2S/c1-19-18-21(20(2)32(19)23-9-3-4-10-24(23)33)26-25(22-8-5-6-11-28-22)29-27(35)31(26)13-7-12-30-14-16-34-17-15-30/h3-6,8-11,18,25-26,33H,7,12-17H2,1-2H3,(H,29,35)/t25-,26-/m1/s1. The molecular weight excluding hydrogens is 458 g/mol. The van der Waals surface area contributed by atoms with Crippen molar-refractivity contribution in [3.63, 3.8) is 0 Å². The topological polar surface area (TPSA) is 65.8 Å². The van der Waals surface area contributed by atoms with Crippen LogP contribution in [0.25, 0.3) is 5.69 Å². The van der Waals surface area contributed by atoms with Crippen LogP contribution in [-0.2, 0) is 4.74 Å². The summed E-state index contributed by atoms with van der Waals surface area (Å²) in [6.45, 7) is 9.70. The molecule has 0 amide bonds. The first-order chi connectivity index (χ1) is 17.0. The van der Waals surface area contributed by atoms with Gasteiger partial charge in [-0.25, -0.2) is 0 Å². The molecule has 0 unspecified atom stereocenters. The molecule has 184 valence electrons. The van der Waals surface area contributed by atoms with Crippen molar-refractivity contribution in [3.8, 4) is 11.4 Å². The van der Waals surface area contributed by atoms with Gasteiger partial charge >= 0.3 is 0 Å². The lowest BCUT2D eigenvalue weighted by Crippen LogP contribution is -2.39. The highest BCUT2D eigenvalue weighted by Gasteiger charge is 2.41. The number of ether oxygens (including phenoxy) is 1. The van der Waals surface area contributed by atoms with Crippen LogP contribution in [0.4, 0.5) is 0 Å². The quantitative estimate of drug-likeness (QED) is 0.486. The molecule has 0 aliphatic carbocycles. The van der Waals surface area contributed by atoms with Crippen LogP contribution in [0, 0.1) is 13.8 Å². The number of phenols is 1. The van der Waals surface area contributed by atoms with Gasteiger partial charge < -0.3 is 24.6 Å². The highest BCUT2D eigenvalue weighted by atomic mass is 32.1. The van der Waals surface area contributed by atoms with Crippen LogP contribution in [0.1, 0.15) is 41.1 Å². The van der Waals surface area contributed by atoms with Gasteiger partial charge in [0.15, 0.2) is 5.11 Å². The van der Waals surface area contributed by atoms with Gasteiger partial charge in [-0.15, -0.1) is 0 Å². The highest BCUT2D eigenvalue weighted by molar-refractivity contribution is 7.80. The SMILES string of the molecule is Cc1cc([C@@H]2[C@@H](c3ccccn3)NC(=S)N2CCCN2CCOCC2)c(C)n1-c1ccccc1O. The van der Waals surface area contributed by atoms with E-state index in [0.717, 1.165) is 73.7 Å². The first kappa shape index (κ1) is 23.8. The number of pyridine rings is 1. The van der Waals surface area contributed by atoms with Gasteiger partial charge in [0, 0.05) is 43.8 Å². The zero-order valence-electron chi connectivity index (χ0n) is 20.4. The maximum Gasteiger partial charge on any atom is 0.170 e. The van der Waals surface area contributed by atoms with Gasteiger partial charge in [-0.3, -0.25) is 9.88 Å². The minimum atomic E-state index is -0.0505. The number of nitrogens with zero attached hydrogens (tertiary/aromatic N) is 4. The minimum Gasteiger partial charge on any atom is -0.506 e. The fourth-order valence-corrected chi connectivity index (χ4v) is 5.72. The Morgan fingerprint density at radius 3 is 2.60 bits per heavy atom. The maximum absolute atomic E-state index is 10.6. The molecule has 2 aliphatic heterocycles. The second-order valence-corrected chi connectivity index (χ2v) is 9.66. The molecule has 8 heteroatoms. The van der Waals surface area contributed by atoms with Crippen LogP contribution >= 0.6 is 12.2 Å². The number of nitrogens with one attached hydrogen (secondary N) is 1. The summed E-state index contributed by atoms with van der Waals surface area (Å²) >= 11 is 5.87. The number of hydrogen-bond donors (Lipinski definition) is 2. The lowest BCUT2D eigenvalue weighted by Gasteiger charge is -2.30. The van der Waals surface area contributed by atoms with Crippen LogP contribution in [0.15, 0.2) is 54.7 Å². The Hall–Kier alpha value is -2.94. The van der Waals surface area contributed by atoms with Crippen LogP contribution in [-0.4, -0.2) is 69.0 Å². The smallest absolute Gasteiger partial charge is 0.170 e. The van der Waals surface area contributed by atoms with E-state index in [9.17, 15) is 5.11 Å². The molecule has 1 aromatic carbocycles. The number of aryl methyl sites for hydroxylation is 1. The van der Waals surface area contributed by atoms with Crippen molar-refractivity contribution in [3.05, 3.63) is 77.4 Å². The average molecular weight is 492 g/mol. The largest absolute Gasteiger partial charge is 0.506 e. The molecule has 5 rings (SSSR count). The van der Waals surface area contributed by atoms with E-state index in [0.29, 0.717) is 0 Å². The Balaban J connectivity index is 1.48. The summed E-state index contributed by atoms with van der Waals surface area (Å²) in [5.41, 5.74) is 5.13. The summed E-state index contributed by atoms with van der Waals surface area (Å²) in [6, 6.07) is 15.7. The van der Waals surface area contributed by atoms with E-state index >= 15 is 0 Å². The minimum absolute atomic E-state index is 0.00731. The van der Waals surface area contributed by atoms with Crippen molar-refractivity contribution in [2.75, 3.05) is 39.4 Å². The van der Waals surface area contributed by atoms with Gasteiger partial charge in [-0.2, -0.15) is 0 Å². The molecule has 2 atom stereocenters. The monoisotopic (exact) mass is 491 g/mol. The van der Waals surface area contributed by atoms with Gasteiger partial charge in [0.1, 0.15) is 5.75 Å². The lowest BCUT2D eigenvalue weighted by atomic mass is 9.96. The Labute approximate surface area is 212 Å². The van der Waals surface area contributed by atoms with Crippen molar-refractivity contribution in [1.29, 1.82) is 0 Å². The molecule has 2 aromatic heterocycles. The number of aromatic hydroxyl groups is 1. The third-order valence-corrected chi connectivity index (χ3v) is 7.44. The first-order valence-electron chi connectivity index (χ1n) is 12.3. The number of hydrogen-bond acceptors (Lipinski definition) is 5. The number of phenolic OH excluding ortho intramolecular Hbond substituents is 1. The summed E-state index contributed by atoms with van der Waals surface area (Å²) < 4.78 is 7.63. The van der Waals surface area contributed by atoms with Crippen LogP contribution in [0.5, 0.6) is 5.75 Å². The van der Waals surface area contributed by atoms with Crippen molar-refractivity contribution in [1.82, 2.24) is 24.7 Å². The Bertz CT molecular complexity index is 1180. The predicted molar refractivity (Wildman–Crippen MR) is 141 cm³/mol. The normalized spacial score (nSPS) is 20.9. The second kappa shape index (κ2) is 10.4. The molecule has 2 aliphatic rings. The molecular formula is C27H33N5O2S. The predicted octanol–water partition coefficient (Wildman–Crippen LogP) is 3.89. The van der Waals surface area contributed by atoms with E-state index in [1.165, 1.54) is 5.56 Å². The molecule has 35 heavy (non-hydrogen) atoms. The van der Waals surface area contributed by atoms with Crippen molar-refractivity contribution in [2.45, 2.75) is 32.4 Å². The maximum atomic E-state index is 10.6. The number of benzene rings is 1. The van der Waals surface area contributed by atoms with E-state index in [1.54, 1.807) is 6.07 Å². The van der Waals surface area contributed by atoms with E-state index in [1.807, 2.05) is 36.5 Å². The van der Waals surface area contributed by atoms with Gasteiger partial charge in [0.2, 0.25) is 0 Å². The second-order valence-electron chi connectivity index (χ2n) is 9.28.